The van der Waals surface area contributed by atoms with Crippen molar-refractivity contribution in [2.75, 3.05) is 34.4 Å². The van der Waals surface area contributed by atoms with Gasteiger partial charge in [0.1, 0.15) is 72.4 Å². The highest BCUT2D eigenvalue weighted by molar-refractivity contribution is 5.83. The number of carboxylic acids is 1. The molecule has 0 spiro atoms. The van der Waals surface area contributed by atoms with Crippen LogP contribution in [-0.2, 0) is 52.3 Å². The Kier molecular flexibility index (Phi) is 34.7. The maximum absolute atomic E-state index is 14.1. The number of esters is 1. The van der Waals surface area contributed by atoms with Gasteiger partial charge in [0.15, 0.2) is 25.0 Å². The number of likely N-dealkylation sites (N-methyl/N-ethyl adjacent to an activating group) is 1. The van der Waals surface area contributed by atoms with Gasteiger partial charge in [0.05, 0.1) is 60.9 Å². The smallest absolute Gasteiger partial charge is 0.335 e. The monoisotopic (exact) mass is 1180 g/mol. The molecule has 4 rings (SSSR count). The first kappa shape index (κ1) is 81.8. The number of hydrogen-bond donors (Lipinski definition) is 14. The van der Waals surface area contributed by atoms with E-state index in [0.29, 0.717) is 6.42 Å². The van der Waals surface area contributed by atoms with Crippen molar-refractivity contribution in [2.24, 2.45) is 23.7 Å². The van der Waals surface area contributed by atoms with Crippen LogP contribution in [-0.4, -0.2) is 295 Å². The summed E-state index contributed by atoms with van der Waals surface area (Å²) in [5.74, 6) is -6.81. The Balaban J connectivity index is -0.00000174. The van der Waals surface area contributed by atoms with Crippen LogP contribution < -0.4 is 0 Å². The Labute approximate surface area is 465 Å². The van der Waals surface area contributed by atoms with E-state index in [0.717, 1.165) is 0 Å². The van der Waals surface area contributed by atoms with Gasteiger partial charge in [0.2, 0.25) is 0 Å². The van der Waals surface area contributed by atoms with E-state index in [1.807, 2.05) is 25.9 Å². The van der Waals surface area contributed by atoms with Gasteiger partial charge < -0.3 is 142 Å². The number of ether oxygens (including phenoxy) is 8. The number of carbonyl (C=O) groups is 3. The minimum atomic E-state index is -2.39. The molecule has 31 heteroatoms. The molecule has 27 atom stereocenters. The largest absolute Gasteiger partial charge is 0.479 e. The standard InChI is InChI=1S/C37H67NO13.C12H22O12.5H2O/c1-14-25-37(10,45)30(41)20(4)27(39)18(2)16-35(8,44)32(51-34-28(40)24(38(11)12)15-19(3)47-34)21(5)29(22(6)33(43)49-25)50-26-17-36(9,46-13)31(42)23(7)48-26;13-1-3(15)10(7(18)8(19)11(21)22)24-12-9(20)6(17)5(16)4(2-14)23-12;;;;;/h18-26,28-32,34,40-42,44-45H,14-17H2,1-13H3;3-10,12-20H,1-2H2,(H,21,22);5*1H2/t18-,19-,20+,21+,22-,23+,24+,25-,26+,28-,29+,30-,31+,32-,34+,35-,36-,37-;3-,4-,5+,6+,7-,8-,9-,10-,12+;;;;;/m11...../s1. The number of rotatable bonds is 15. The van der Waals surface area contributed by atoms with Gasteiger partial charge >= 0.3 is 11.9 Å². The maximum atomic E-state index is 14.1. The first-order valence-electron chi connectivity index (χ1n) is 25.5. The molecule has 24 N–H and O–H groups in total. The zero-order chi connectivity index (χ0) is 57.6. The number of Topliss-reactive ketones (excluding diaryl/α,β-unsaturated/α-hetero) is 1. The molecule has 4 saturated heterocycles. The molecule has 4 aliphatic rings. The summed E-state index contributed by atoms with van der Waals surface area (Å²) >= 11 is 0. The van der Waals surface area contributed by atoms with Crippen molar-refractivity contribution in [3.05, 3.63) is 0 Å². The zero-order valence-electron chi connectivity index (χ0n) is 47.8. The molecule has 80 heavy (non-hydrogen) atoms. The Bertz CT molecular complexity index is 1800. The number of aliphatic carboxylic acids is 1. The minimum absolute atomic E-state index is 0. The zero-order valence-corrected chi connectivity index (χ0v) is 47.8. The van der Waals surface area contributed by atoms with Crippen molar-refractivity contribution in [3.8, 4) is 0 Å². The Morgan fingerprint density at radius 2 is 1.32 bits per heavy atom. The molecular formula is C49H99NO30. The fraction of sp³-hybridized carbons (Fsp3) is 0.939. The van der Waals surface area contributed by atoms with Gasteiger partial charge in [0.25, 0.3) is 0 Å². The number of carbonyl (C=O) groups excluding carboxylic acids is 2. The van der Waals surface area contributed by atoms with E-state index in [9.17, 15) is 70.6 Å². The topological polar surface area (TPSA) is 569 Å². The molecule has 0 aromatic rings. The SMILES string of the molecule is CC[C@H]1OC(=O)[C@H](C)[C@@H](O[C@H]2C[C@@](C)(OC)[C@@H](O)[C@H](C)O2)[C@H](C)[C@@H](O[C@@H]2O[C@H](C)C[C@H](N(C)C)[C@H]2O)[C@](C)(O)C[C@@H](C)C(=O)[C@H](C)[C@@H](O)[C@]1(C)O.O.O.O.O.O.O=C(O)[C@H](O)[C@@H](O)[C@H](O[C@@H]1O[C@H](CO)[C@H](O)[C@H](O)[C@H]1O)[C@H](O)CO. The number of hydrogen-bond acceptors (Lipinski definition) is 25. The fourth-order valence-electron chi connectivity index (χ4n) is 10.6. The summed E-state index contributed by atoms with van der Waals surface area (Å²) in [6.45, 7) is 14.6. The Morgan fingerprint density at radius 3 is 1.81 bits per heavy atom. The lowest BCUT2D eigenvalue weighted by Crippen LogP contribution is -2.61. The summed E-state index contributed by atoms with van der Waals surface area (Å²) in [7, 11) is 5.18. The summed E-state index contributed by atoms with van der Waals surface area (Å²) in [4.78, 5) is 40.5. The molecule has 0 radical (unpaired) electrons. The number of cyclic esters (lactones) is 1. The highest BCUT2D eigenvalue weighted by Gasteiger charge is 2.54. The molecule has 480 valence electrons. The predicted octanol–water partition coefficient (Wildman–Crippen LogP) is -8.01. The molecule has 0 saturated carbocycles. The van der Waals surface area contributed by atoms with E-state index in [1.54, 1.807) is 41.5 Å². The second-order valence-electron chi connectivity index (χ2n) is 21.8. The quantitative estimate of drug-likeness (QED) is 0.0677. The van der Waals surface area contributed by atoms with Crippen molar-refractivity contribution in [1.82, 2.24) is 4.90 Å². The van der Waals surface area contributed by atoms with Gasteiger partial charge in [-0.05, 0) is 74.9 Å². The molecule has 31 nitrogen and oxygen atoms in total. The van der Waals surface area contributed by atoms with Crippen molar-refractivity contribution in [2.45, 2.75) is 234 Å². The molecule has 4 fully saturated rings. The number of aliphatic hydroxyl groups is 13. The van der Waals surface area contributed by atoms with Gasteiger partial charge in [0, 0.05) is 37.3 Å². The van der Waals surface area contributed by atoms with Crippen molar-refractivity contribution in [1.29, 1.82) is 0 Å². The molecule has 0 aliphatic carbocycles. The van der Waals surface area contributed by atoms with E-state index in [1.165, 1.54) is 27.9 Å². The van der Waals surface area contributed by atoms with Crippen molar-refractivity contribution in [3.63, 3.8) is 0 Å². The molecule has 0 amide bonds. The molecule has 0 aromatic heterocycles. The third-order valence-electron chi connectivity index (χ3n) is 15.4. The average Bonchev–Trinajstić information content (AvgIpc) is 3.35. The number of aliphatic hydroxyl groups excluding tert-OH is 11. The van der Waals surface area contributed by atoms with E-state index >= 15 is 0 Å². The van der Waals surface area contributed by atoms with E-state index in [4.69, 9.17) is 53.2 Å². The summed E-state index contributed by atoms with van der Waals surface area (Å²) in [6, 6.07) is -0.324. The third-order valence-corrected chi connectivity index (χ3v) is 15.4. The van der Waals surface area contributed by atoms with Crippen LogP contribution in [0.1, 0.15) is 94.9 Å². The van der Waals surface area contributed by atoms with Crippen molar-refractivity contribution >= 4 is 17.7 Å². The normalized spacial score (nSPS) is 42.5. The molecule has 4 heterocycles. The second kappa shape index (κ2) is 33.9. The first-order valence-corrected chi connectivity index (χ1v) is 25.5. The number of methoxy groups -OCH3 is 1. The third kappa shape index (κ3) is 19.0. The lowest BCUT2D eigenvalue weighted by atomic mass is 9.74. The van der Waals surface area contributed by atoms with Crippen LogP contribution in [0.25, 0.3) is 0 Å². The maximum Gasteiger partial charge on any atom is 0.335 e. The summed E-state index contributed by atoms with van der Waals surface area (Å²) in [5, 5.41) is 142. The highest BCUT2D eigenvalue weighted by Crippen LogP contribution is 2.41. The Morgan fingerprint density at radius 1 is 0.762 bits per heavy atom. The summed E-state index contributed by atoms with van der Waals surface area (Å²) in [6.07, 6.45) is -26.6. The summed E-state index contributed by atoms with van der Waals surface area (Å²) < 4.78 is 47.0. The lowest BCUT2D eigenvalue weighted by molar-refractivity contribution is -0.326. The molecule has 0 unspecified atom stereocenters. The first-order chi connectivity index (χ1) is 34.6. The van der Waals surface area contributed by atoms with Gasteiger partial charge in [-0.3, -0.25) is 9.59 Å². The van der Waals surface area contributed by atoms with Gasteiger partial charge in [-0.2, -0.15) is 0 Å². The van der Waals surface area contributed by atoms with Crippen LogP contribution >= 0.6 is 0 Å². The van der Waals surface area contributed by atoms with E-state index in [2.05, 4.69) is 0 Å². The van der Waals surface area contributed by atoms with Gasteiger partial charge in [-0.1, -0.05) is 27.7 Å². The number of carboxylic acid groups (broad SMARTS) is 1. The number of nitrogens with zero attached hydrogens (tertiary/aromatic N) is 1. The van der Waals surface area contributed by atoms with Gasteiger partial charge in [-0.25, -0.2) is 4.79 Å². The van der Waals surface area contributed by atoms with Crippen LogP contribution in [0.2, 0.25) is 0 Å². The van der Waals surface area contributed by atoms with Gasteiger partial charge in [-0.15, -0.1) is 0 Å². The van der Waals surface area contributed by atoms with Crippen LogP contribution in [0.4, 0.5) is 0 Å². The fourth-order valence-corrected chi connectivity index (χ4v) is 10.6. The predicted molar refractivity (Wildman–Crippen MR) is 276 cm³/mol. The number of ketones is 1. The second-order valence-corrected chi connectivity index (χ2v) is 21.8. The van der Waals surface area contributed by atoms with Crippen LogP contribution in [0.3, 0.4) is 0 Å². The average molecular weight is 1180 g/mol. The van der Waals surface area contributed by atoms with Crippen LogP contribution in [0.15, 0.2) is 0 Å². The lowest BCUT2D eigenvalue weighted by Gasteiger charge is -2.49. The van der Waals surface area contributed by atoms with Crippen LogP contribution in [0, 0.1) is 23.7 Å². The minimum Gasteiger partial charge on any atom is -0.479 e. The molecule has 0 bridgehead atoms. The highest BCUT2D eigenvalue weighted by atomic mass is 16.7. The molecule has 0 aromatic carbocycles. The molecular weight excluding hydrogens is 1080 g/mol. The summed E-state index contributed by atoms with van der Waals surface area (Å²) in [5.41, 5.74) is -4.84. The Hall–Kier alpha value is -2.43. The van der Waals surface area contributed by atoms with Crippen molar-refractivity contribution < 1.29 is 151 Å². The van der Waals surface area contributed by atoms with E-state index in [-0.39, 0.29) is 58.8 Å². The van der Waals surface area contributed by atoms with E-state index < -0.39 is 182 Å². The van der Waals surface area contributed by atoms with Crippen LogP contribution in [0.5, 0.6) is 0 Å². The molecule has 4 aliphatic heterocycles.